The molecule has 78 heavy (non-hydrogen) atoms. The van der Waals surface area contributed by atoms with Gasteiger partial charge in [0, 0.05) is 77.7 Å². The molecule has 366 valence electrons. The lowest BCUT2D eigenvalue weighted by Crippen LogP contribution is -2.12. The molecule has 14 rings (SSSR count). The first-order chi connectivity index (χ1) is 38.7. The minimum atomic E-state index is 0.552. The molecule has 0 unspecified atom stereocenters. The van der Waals surface area contributed by atoms with Gasteiger partial charge in [-0.15, -0.1) is 0 Å². The van der Waals surface area contributed by atoms with E-state index in [1.54, 1.807) is 0 Å². The number of benzene rings is 12. The fourth-order valence-corrected chi connectivity index (χ4v) is 10.7. The SMILES string of the molecule is c1ccc(-c2nc(-c3ccccc3)nc(-c3cc(N(c4ccccc4)c4ccccc4)c4ccc5c(-c6nc(-c7ccccc7)nc(-c7ccccc7)n6)cc(N(c6ccccc6)c6ccccc6)c6ccc3c4c56)n2)cc1. The van der Waals surface area contributed by atoms with E-state index in [0.29, 0.717) is 34.9 Å². The van der Waals surface area contributed by atoms with E-state index in [9.17, 15) is 0 Å². The van der Waals surface area contributed by atoms with Gasteiger partial charge >= 0.3 is 0 Å². The third-order valence-electron chi connectivity index (χ3n) is 14.3. The molecule has 0 atom stereocenters. The maximum atomic E-state index is 5.42. The second-order valence-corrected chi connectivity index (χ2v) is 19.0. The van der Waals surface area contributed by atoms with Gasteiger partial charge in [-0.3, -0.25) is 0 Å². The zero-order chi connectivity index (χ0) is 51.8. The van der Waals surface area contributed by atoms with Gasteiger partial charge in [0.1, 0.15) is 0 Å². The monoisotopic (exact) mass is 998 g/mol. The number of para-hydroxylation sites is 4. The van der Waals surface area contributed by atoms with Crippen molar-refractivity contribution in [3.63, 3.8) is 0 Å². The van der Waals surface area contributed by atoms with Gasteiger partial charge in [-0.05, 0) is 71.4 Å². The van der Waals surface area contributed by atoms with Crippen LogP contribution in [-0.2, 0) is 0 Å². The number of nitrogens with zero attached hydrogens (tertiary/aromatic N) is 8. The van der Waals surface area contributed by atoms with E-state index in [1.807, 2.05) is 72.8 Å². The molecule has 8 heteroatoms. The number of aromatic nitrogens is 6. The molecule has 12 aromatic carbocycles. The molecule has 2 heterocycles. The van der Waals surface area contributed by atoms with Gasteiger partial charge < -0.3 is 9.80 Å². The molecule has 0 bridgehead atoms. The van der Waals surface area contributed by atoms with Gasteiger partial charge in [-0.25, -0.2) is 29.9 Å². The van der Waals surface area contributed by atoms with Crippen LogP contribution < -0.4 is 9.80 Å². The van der Waals surface area contributed by atoms with E-state index in [-0.39, 0.29) is 0 Å². The van der Waals surface area contributed by atoms with Crippen LogP contribution in [-0.4, -0.2) is 29.9 Å². The first-order valence-corrected chi connectivity index (χ1v) is 26.0. The van der Waals surface area contributed by atoms with Crippen LogP contribution in [0.5, 0.6) is 0 Å². The fraction of sp³-hybridized carbons (Fsp3) is 0. The highest BCUT2D eigenvalue weighted by atomic mass is 15.2. The molecular formula is C70H46N8. The van der Waals surface area contributed by atoms with E-state index >= 15 is 0 Å². The molecule has 0 aliphatic carbocycles. The number of hydrogen-bond donors (Lipinski definition) is 0. The molecule has 14 aromatic rings. The molecule has 0 saturated heterocycles. The predicted octanol–water partition coefficient (Wildman–Crippen LogP) is 17.9. The second kappa shape index (κ2) is 19.9. The van der Waals surface area contributed by atoms with Gasteiger partial charge in [0.05, 0.1) is 11.4 Å². The van der Waals surface area contributed by atoms with Gasteiger partial charge in [0.15, 0.2) is 34.9 Å². The second-order valence-electron chi connectivity index (χ2n) is 19.0. The first-order valence-electron chi connectivity index (χ1n) is 26.0. The quantitative estimate of drug-likeness (QED) is 0.112. The standard InChI is InChI=1S/C70H46N8/c1-9-25-47(26-10-1)65-71-66(48-27-11-2-12-28-48)74-69(73-65)59-45-61(77(51-33-17-5-18-34-51)52-35-19-6-20-36-52)57-44-42-56-60(70-75-67(49-29-13-3-14-30-49)72-68(76-70)50-31-15-4-16-32-50)46-62(58-43-41-55(59)63(57)64(56)58)78(53-37-21-7-22-38-53)54-39-23-8-24-40-54/h1-46H. The van der Waals surface area contributed by atoms with Gasteiger partial charge in [-0.1, -0.05) is 218 Å². The third kappa shape index (κ3) is 8.40. The minimum Gasteiger partial charge on any atom is -0.310 e. The Morgan fingerprint density at radius 1 is 0.205 bits per heavy atom. The van der Waals surface area contributed by atoms with Crippen molar-refractivity contribution in [3.8, 4) is 68.3 Å². The summed E-state index contributed by atoms with van der Waals surface area (Å²) < 4.78 is 0. The van der Waals surface area contributed by atoms with Crippen LogP contribution >= 0.6 is 0 Å². The summed E-state index contributed by atoms with van der Waals surface area (Å²) >= 11 is 0. The average molecular weight is 999 g/mol. The molecule has 0 N–H and O–H groups in total. The maximum Gasteiger partial charge on any atom is 0.164 e. The molecule has 8 nitrogen and oxygen atoms in total. The Labute approximate surface area is 451 Å². The van der Waals surface area contributed by atoms with Crippen LogP contribution in [0.1, 0.15) is 0 Å². The molecule has 0 saturated carbocycles. The van der Waals surface area contributed by atoms with Gasteiger partial charge in [0.2, 0.25) is 0 Å². The number of anilines is 6. The molecule has 0 aliphatic heterocycles. The van der Waals surface area contributed by atoms with E-state index in [2.05, 4.69) is 216 Å². The van der Waals surface area contributed by atoms with Crippen LogP contribution in [0.25, 0.3) is 101 Å². The zero-order valence-electron chi connectivity index (χ0n) is 42.1. The highest BCUT2D eigenvalue weighted by Crippen LogP contribution is 2.52. The van der Waals surface area contributed by atoms with E-state index in [4.69, 9.17) is 29.9 Å². The molecule has 0 spiro atoms. The van der Waals surface area contributed by atoms with Crippen LogP contribution in [0.2, 0.25) is 0 Å². The van der Waals surface area contributed by atoms with Crippen molar-refractivity contribution in [1.82, 2.24) is 29.9 Å². The summed E-state index contributed by atoms with van der Waals surface area (Å²) in [7, 11) is 0. The minimum absolute atomic E-state index is 0.552. The predicted molar refractivity (Wildman–Crippen MR) is 319 cm³/mol. The summed E-state index contributed by atoms with van der Waals surface area (Å²) in [5.41, 5.74) is 11.2. The lowest BCUT2D eigenvalue weighted by Gasteiger charge is -2.30. The molecule has 0 radical (unpaired) electrons. The summed E-state index contributed by atoms with van der Waals surface area (Å²) in [5.74, 6) is 3.43. The normalized spacial score (nSPS) is 11.3. The molecule has 0 amide bonds. The summed E-state index contributed by atoms with van der Waals surface area (Å²) in [6.07, 6.45) is 0. The van der Waals surface area contributed by atoms with Crippen molar-refractivity contribution in [2.24, 2.45) is 0 Å². The lowest BCUT2D eigenvalue weighted by molar-refractivity contribution is 1.08. The Bertz CT molecular complexity index is 3920. The number of hydrogen-bond acceptors (Lipinski definition) is 8. The molecular weight excluding hydrogens is 953 g/mol. The first kappa shape index (κ1) is 45.9. The molecule has 2 aromatic heterocycles. The van der Waals surface area contributed by atoms with Crippen molar-refractivity contribution in [2.45, 2.75) is 0 Å². The Balaban J connectivity index is 1.16. The van der Waals surface area contributed by atoms with Crippen LogP contribution in [0.3, 0.4) is 0 Å². The molecule has 0 fully saturated rings. The van der Waals surface area contributed by atoms with Crippen LogP contribution in [0, 0.1) is 0 Å². The smallest absolute Gasteiger partial charge is 0.164 e. The highest BCUT2D eigenvalue weighted by Gasteiger charge is 2.28. The summed E-state index contributed by atoms with van der Waals surface area (Å²) in [4.78, 5) is 36.7. The summed E-state index contributed by atoms with van der Waals surface area (Å²) in [6, 6.07) is 96.6. The lowest BCUT2D eigenvalue weighted by atomic mass is 9.87. The zero-order valence-corrected chi connectivity index (χ0v) is 42.1. The average Bonchev–Trinajstić information content (AvgIpc) is 3.56. The van der Waals surface area contributed by atoms with Crippen molar-refractivity contribution in [3.05, 3.63) is 279 Å². The van der Waals surface area contributed by atoms with Crippen molar-refractivity contribution in [2.75, 3.05) is 9.80 Å². The van der Waals surface area contributed by atoms with Crippen molar-refractivity contribution < 1.29 is 0 Å². The largest absolute Gasteiger partial charge is 0.310 e. The van der Waals surface area contributed by atoms with Crippen molar-refractivity contribution >= 4 is 66.4 Å². The Kier molecular flexibility index (Phi) is 11.7. The molecule has 0 aliphatic rings. The van der Waals surface area contributed by atoms with E-state index in [1.165, 1.54) is 0 Å². The Morgan fingerprint density at radius 3 is 0.679 bits per heavy atom. The van der Waals surface area contributed by atoms with E-state index in [0.717, 1.165) is 99.8 Å². The topological polar surface area (TPSA) is 83.8 Å². The summed E-state index contributed by atoms with van der Waals surface area (Å²) in [5, 5.41) is 6.14. The Morgan fingerprint density at radius 2 is 0.423 bits per heavy atom. The van der Waals surface area contributed by atoms with Crippen molar-refractivity contribution in [1.29, 1.82) is 0 Å². The third-order valence-corrected chi connectivity index (χ3v) is 14.3. The van der Waals surface area contributed by atoms with Crippen LogP contribution in [0.4, 0.5) is 34.1 Å². The van der Waals surface area contributed by atoms with Gasteiger partial charge in [-0.2, -0.15) is 0 Å². The van der Waals surface area contributed by atoms with Crippen LogP contribution in [0.15, 0.2) is 279 Å². The van der Waals surface area contributed by atoms with Gasteiger partial charge in [0.25, 0.3) is 0 Å². The van der Waals surface area contributed by atoms with E-state index < -0.39 is 0 Å². The Hall–Kier alpha value is -10.7. The summed E-state index contributed by atoms with van der Waals surface area (Å²) in [6.45, 7) is 0. The number of rotatable bonds is 12. The maximum absolute atomic E-state index is 5.42. The highest BCUT2D eigenvalue weighted by molar-refractivity contribution is 6.32. The fourth-order valence-electron chi connectivity index (χ4n) is 10.7.